The van der Waals surface area contributed by atoms with E-state index in [0.717, 1.165) is 33.9 Å². The molecular weight excluding hydrogens is 556 g/mol. The van der Waals surface area contributed by atoms with Crippen molar-refractivity contribution in [2.45, 2.75) is 31.4 Å². The second-order valence-electron chi connectivity index (χ2n) is 9.05. The Kier molecular flexibility index (Phi) is 6.61. The molecule has 1 atom stereocenters. The van der Waals surface area contributed by atoms with Crippen molar-refractivity contribution in [2.24, 2.45) is 0 Å². The Morgan fingerprint density at radius 2 is 1.97 bits per heavy atom. The summed E-state index contributed by atoms with van der Waals surface area (Å²) in [5, 5.41) is 6.52. The first-order chi connectivity index (χ1) is 18.3. The quantitative estimate of drug-likeness (QED) is 0.336. The molecular formula is C22H21F6N7O3S. The molecule has 0 unspecified atom stereocenters. The molecule has 1 N–H and O–H groups in total. The van der Waals surface area contributed by atoms with E-state index in [9.17, 15) is 30.4 Å². The van der Waals surface area contributed by atoms with Crippen LogP contribution in [0.1, 0.15) is 6.42 Å². The summed E-state index contributed by atoms with van der Waals surface area (Å²) in [6, 6.07) is 0.722. The molecule has 0 bridgehead atoms. The highest BCUT2D eigenvalue weighted by Crippen LogP contribution is 2.37. The number of piperidine rings is 1. The van der Waals surface area contributed by atoms with Crippen molar-refractivity contribution >= 4 is 32.5 Å². The molecule has 0 radical (unpaired) electrons. The van der Waals surface area contributed by atoms with E-state index in [1.807, 2.05) is 0 Å². The Labute approximate surface area is 217 Å². The first-order valence-corrected chi connectivity index (χ1v) is 13.3. The molecule has 5 rings (SSSR count). The van der Waals surface area contributed by atoms with Gasteiger partial charge in [-0.25, -0.2) is 44.3 Å². The lowest BCUT2D eigenvalue weighted by molar-refractivity contribution is -0.0541. The Balaban J connectivity index is 1.54. The molecule has 4 heterocycles. The number of rotatable bonds is 7. The number of imidazole rings is 1. The number of aromatic nitrogens is 5. The number of hydrogen-bond acceptors (Lipinski definition) is 7. The molecule has 39 heavy (non-hydrogen) atoms. The highest BCUT2D eigenvalue weighted by molar-refractivity contribution is 7.88. The number of halogens is 6. The zero-order valence-electron chi connectivity index (χ0n) is 20.4. The van der Waals surface area contributed by atoms with Gasteiger partial charge in [0, 0.05) is 6.54 Å². The van der Waals surface area contributed by atoms with Gasteiger partial charge < -0.3 is 14.6 Å². The van der Waals surface area contributed by atoms with Gasteiger partial charge in [-0.1, -0.05) is 0 Å². The van der Waals surface area contributed by atoms with Crippen molar-refractivity contribution in [2.75, 3.05) is 31.8 Å². The van der Waals surface area contributed by atoms with Gasteiger partial charge in [0.2, 0.25) is 21.9 Å². The summed E-state index contributed by atoms with van der Waals surface area (Å²) < 4.78 is 117. The van der Waals surface area contributed by atoms with Crippen molar-refractivity contribution in [1.29, 1.82) is 0 Å². The van der Waals surface area contributed by atoms with E-state index in [0.29, 0.717) is 4.31 Å². The van der Waals surface area contributed by atoms with E-state index >= 15 is 4.39 Å². The fraction of sp³-hybridized carbons (Fsp3) is 0.409. The van der Waals surface area contributed by atoms with Crippen LogP contribution >= 0.6 is 0 Å². The average Bonchev–Trinajstić information content (AvgIpc) is 3.38. The standard InChI is InChI=1S/C22H21F6N7O3S/c1-38-20-19-17(11-5-12(23)18-14(6-11)33(10-29-18)8-16(25)26)13(24)7-35(19)32-21(31-20)30-15-3-4-34(39(2,36)37)9-22(15,27)28/h5-7,10,15-16H,3-4,8-9H2,1-2H3,(H,30,32)/t15-/m1/s1. The lowest BCUT2D eigenvalue weighted by atomic mass is 10.0. The van der Waals surface area contributed by atoms with Gasteiger partial charge in [-0.2, -0.15) is 9.29 Å². The monoisotopic (exact) mass is 577 g/mol. The molecule has 1 fully saturated rings. The summed E-state index contributed by atoms with van der Waals surface area (Å²) in [6.45, 7) is -1.96. The summed E-state index contributed by atoms with van der Waals surface area (Å²) in [5.74, 6) is -5.85. The molecule has 0 amide bonds. The van der Waals surface area contributed by atoms with Crippen molar-refractivity contribution in [3.8, 4) is 17.0 Å². The molecule has 10 nitrogen and oxygen atoms in total. The summed E-state index contributed by atoms with van der Waals surface area (Å²) in [6.07, 6.45) is -0.210. The van der Waals surface area contributed by atoms with Crippen molar-refractivity contribution in [1.82, 2.24) is 28.5 Å². The van der Waals surface area contributed by atoms with Crippen LogP contribution in [0.2, 0.25) is 0 Å². The molecule has 1 aromatic carbocycles. The van der Waals surface area contributed by atoms with Gasteiger partial charge in [0.05, 0.1) is 56.1 Å². The third-order valence-electron chi connectivity index (χ3n) is 6.39. The van der Waals surface area contributed by atoms with Gasteiger partial charge in [0.1, 0.15) is 11.0 Å². The van der Waals surface area contributed by atoms with E-state index in [4.69, 9.17) is 4.74 Å². The SMILES string of the molecule is COc1nc(N[C@@H]2CCN(S(C)(=O)=O)CC2(F)F)nn2cc(F)c(-c3cc(F)c4ncn(CC(F)F)c4c3)c12. The summed E-state index contributed by atoms with van der Waals surface area (Å²) in [7, 11) is -2.63. The first-order valence-electron chi connectivity index (χ1n) is 11.4. The second-order valence-corrected chi connectivity index (χ2v) is 11.0. The highest BCUT2D eigenvalue weighted by atomic mass is 32.2. The lowest BCUT2D eigenvalue weighted by Crippen LogP contribution is -2.55. The molecule has 17 heteroatoms. The number of nitrogens with zero attached hydrogens (tertiary/aromatic N) is 6. The van der Waals surface area contributed by atoms with Gasteiger partial charge in [-0.05, 0) is 24.1 Å². The smallest absolute Gasteiger partial charge is 0.281 e. The predicted octanol–water partition coefficient (Wildman–Crippen LogP) is 3.38. The Hall–Kier alpha value is -3.60. The topological polar surface area (TPSA) is 107 Å². The molecule has 3 aromatic heterocycles. The van der Waals surface area contributed by atoms with Crippen molar-refractivity contribution in [3.05, 3.63) is 36.3 Å². The maximum Gasteiger partial charge on any atom is 0.281 e. The zero-order chi connectivity index (χ0) is 28.3. The zero-order valence-corrected chi connectivity index (χ0v) is 21.2. The third-order valence-corrected chi connectivity index (χ3v) is 7.63. The minimum absolute atomic E-state index is 0.00453. The van der Waals surface area contributed by atoms with Crippen LogP contribution in [0.25, 0.3) is 27.7 Å². The van der Waals surface area contributed by atoms with Crippen LogP contribution in [0.15, 0.2) is 24.7 Å². The van der Waals surface area contributed by atoms with Crippen LogP contribution in [-0.4, -0.2) is 81.7 Å². The molecule has 0 aliphatic carbocycles. The van der Waals surface area contributed by atoms with Crippen LogP contribution in [-0.2, 0) is 16.6 Å². The number of methoxy groups -OCH3 is 1. The molecule has 0 saturated carbocycles. The van der Waals surface area contributed by atoms with Crippen LogP contribution in [0.4, 0.5) is 32.3 Å². The Bertz CT molecular complexity index is 1670. The largest absolute Gasteiger partial charge is 0.479 e. The van der Waals surface area contributed by atoms with Gasteiger partial charge >= 0.3 is 0 Å². The molecule has 1 saturated heterocycles. The van der Waals surface area contributed by atoms with Crippen LogP contribution in [0.3, 0.4) is 0 Å². The second kappa shape index (κ2) is 9.55. The maximum absolute atomic E-state index is 15.2. The number of fused-ring (bicyclic) bond motifs is 2. The normalized spacial score (nSPS) is 18.3. The van der Waals surface area contributed by atoms with Crippen LogP contribution in [0, 0.1) is 11.6 Å². The third kappa shape index (κ3) is 4.95. The molecule has 0 spiro atoms. The predicted molar refractivity (Wildman–Crippen MR) is 128 cm³/mol. The summed E-state index contributed by atoms with van der Waals surface area (Å²) in [5.41, 5.74) is -0.502. The number of anilines is 1. The van der Waals surface area contributed by atoms with E-state index in [1.165, 1.54) is 13.2 Å². The van der Waals surface area contributed by atoms with Gasteiger partial charge in [0.15, 0.2) is 11.6 Å². The number of ether oxygens (including phenoxy) is 1. The minimum Gasteiger partial charge on any atom is -0.479 e. The summed E-state index contributed by atoms with van der Waals surface area (Å²) in [4.78, 5) is 7.88. The van der Waals surface area contributed by atoms with Crippen molar-refractivity contribution in [3.63, 3.8) is 0 Å². The molecule has 210 valence electrons. The number of nitrogens with one attached hydrogen (secondary N) is 1. The van der Waals surface area contributed by atoms with Gasteiger partial charge in [0.25, 0.3) is 12.3 Å². The molecule has 1 aliphatic rings. The minimum atomic E-state index is -3.82. The van der Waals surface area contributed by atoms with Crippen LogP contribution in [0.5, 0.6) is 5.88 Å². The first kappa shape index (κ1) is 27.0. The number of benzene rings is 1. The fourth-order valence-corrected chi connectivity index (χ4v) is 5.43. The van der Waals surface area contributed by atoms with E-state index < -0.39 is 53.1 Å². The Morgan fingerprint density at radius 1 is 1.23 bits per heavy atom. The fourth-order valence-electron chi connectivity index (χ4n) is 4.58. The Morgan fingerprint density at radius 3 is 2.62 bits per heavy atom. The summed E-state index contributed by atoms with van der Waals surface area (Å²) >= 11 is 0. The van der Waals surface area contributed by atoms with Gasteiger partial charge in [-0.15, -0.1) is 5.10 Å². The van der Waals surface area contributed by atoms with Crippen molar-refractivity contribution < 1.29 is 39.5 Å². The molecule has 4 aromatic rings. The number of hydrogen-bond donors (Lipinski definition) is 1. The lowest BCUT2D eigenvalue weighted by Gasteiger charge is -2.37. The van der Waals surface area contributed by atoms with E-state index in [1.54, 1.807) is 0 Å². The molecule has 1 aliphatic heterocycles. The van der Waals surface area contributed by atoms with E-state index in [-0.39, 0.29) is 52.5 Å². The number of alkyl halides is 4. The maximum atomic E-state index is 15.2. The number of sulfonamides is 1. The van der Waals surface area contributed by atoms with Crippen LogP contribution < -0.4 is 10.1 Å². The highest BCUT2D eigenvalue weighted by Gasteiger charge is 2.47. The van der Waals surface area contributed by atoms with Gasteiger partial charge in [-0.3, -0.25) is 0 Å². The average molecular weight is 578 g/mol. The van der Waals surface area contributed by atoms with E-state index in [2.05, 4.69) is 20.4 Å².